The van der Waals surface area contributed by atoms with Crippen molar-refractivity contribution in [3.8, 4) is 0 Å². The summed E-state index contributed by atoms with van der Waals surface area (Å²) in [5, 5.41) is 55.0. The molecule has 3 heterocycles. The van der Waals surface area contributed by atoms with Gasteiger partial charge in [0, 0.05) is 48.0 Å². The van der Waals surface area contributed by atoms with Crippen LogP contribution >= 0.6 is 0 Å². The molecule has 0 aromatic rings. The summed E-state index contributed by atoms with van der Waals surface area (Å²) >= 11 is 0. The zero-order valence-electron chi connectivity index (χ0n) is 35.8. The molecule has 1 spiro atoms. The van der Waals surface area contributed by atoms with Crippen LogP contribution < -0.4 is 0 Å². The Kier molecular flexibility index (Phi) is 17.7. The first-order valence-corrected chi connectivity index (χ1v) is 21.2. The minimum atomic E-state index is -2.18. The van der Waals surface area contributed by atoms with Crippen LogP contribution in [0.4, 0.5) is 0 Å². The number of carbonyl (C=O) groups excluding carboxylic acids is 3. The van der Waals surface area contributed by atoms with Gasteiger partial charge in [0.2, 0.25) is 0 Å². The van der Waals surface area contributed by atoms with E-state index < -0.39 is 89.0 Å². The molecule has 2 fully saturated rings. The molecule has 0 aromatic carbocycles. The average molecular weight is 791 g/mol. The van der Waals surface area contributed by atoms with Crippen LogP contribution in [0.25, 0.3) is 0 Å². The van der Waals surface area contributed by atoms with Gasteiger partial charge in [-0.1, -0.05) is 92.7 Å². The first-order valence-electron chi connectivity index (χ1n) is 21.2. The summed E-state index contributed by atoms with van der Waals surface area (Å²) in [6, 6.07) is 0. The number of rotatable bonds is 3. The molecule has 5 N–H and O–H groups in total. The lowest BCUT2D eigenvalue weighted by Crippen LogP contribution is -2.62. The smallest absolute Gasteiger partial charge is 0.330 e. The molecule has 11 heteroatoms. The summed E-state index contributed by atoms with van der Waals surface area (Å²) in [5.74, 6) is -7.28. The third kappa shape index (κ3) is 11.5. The number of ether oxygens (including phenoxy) is 3. The van der Waals surface area contributed by atoms with E-state index >= 15 is 0 Å². The van der Waals surface area contributed by atoms with Crippen LogP contribution in [0, 0.1) is 53.3 Å². The fourth-order valence-corrected chi connectivity index (χ4v) is 9.01. The monoisotopic (exact) mass is 791 g/mol. The number of aliphatic hydroxyl groups excluding tert-OH is 4. The van der Waals surface area contributed by atoms with Crippen LogP contribution in [0.1, 0.15) is 121 Å². The van der Waals surface area contributed by atoms with Crippen LogP contribution in [0.5, 0.6) is 0 Å². The maximum Gasteiger partial charge on any atom is 0.330 e. The van der Waals surface area contributed by atoms with Crippen molar-refractivity contribution >= 4 is 17.5 Å². The van der Waals surface area contributed by atoms with Crippen molar-refractivity contribution in [2.45, 2.75) is 175 Å². The zero-order chi connectivity index (χ0) is 42.3. The Bertz CT molecular complexity index is 1390. The highest BCUT2D eigenvalue weighted by Gasteiger charge is 2.56. The number of hydrogen-bond acceptors (Lipinski definition) is 11. The van der Waals surface area contributed by atoms with Gasteiger partial charge in [-0.3, -0.25) is 9.59 Å². The van der Waals surface area contributed by atoms with Gasteiger partial charge >= 0.3 is 5.97 Å². The summed E-state index contributed by atoms with van der Waals surface area (Å²) < 4.78 is 20.0. The van der Waals surface area contributed by atoms with E-state index in [1.165, 1.54) is 39.8 Å². The minimum Gasteiger partial charge on any atom is -0.458 e. The molecular weight excluding hydrogens is 716 g/mol. The molecule has 0 saturated carbocycles. The molecule has 3 rings (SSSR count). The molecule has 2 bridgehead atoms. The molecule has 0 aliphatic carbocycles. The van der Waals surface area contributed by atoms with Crippen molar-refractivity contribution in [3.05, 3.63) is 36.5 Å². The van der Waals surface area contributed by atoms with Gasteiger partial charge in [0.05, 0.1) is 36.6 Å². The van der Waals surface area contributed by atoms with Crippen molar-refractivity contribution in [2.24, 2.45) is 53.3 Å². The summed E-state index contributed by atoms with van der Waals surface area (Å²) in [4.78, 5) is 40.5. The van der Waals surface area contributed by atoms with E-state index in [0.29, 0.717) is 25.7 Å². The normalized spacial score (nSPS) is 46.8. The first kappa shape index (κ1) is 48.1. The van der Waals surface area contributed by atoms with Gasteiger partial charge in [0.1, 0.15) is 17.5 Å². The predicted octanol–water partition coefficient (Wildman–Crippen LogP) is 5.88. The number of fused-ring (bicyclic) bond motifs is 2. The van der Waals surface area contributed by atoms with E-state index in [4.69, 9.17) is 14.2 Å². The maximum atomic E-state index is 13.5. The lowest BCUT2D eigenvalue weighted by Gasteiger charge is -2.55. The fraction of sp³-hybridized carbons (Fsp3) is 0.800. The number of Topliss-reactive ketones (excluding diaryl/α,β-unsaturated/α-hetero) is 2. The second kappa shape index (κ2) is 20.6. The predicted molar refractivity (Wildman–Crippen MR) is 215 cm³/mol. The van der Waals surface area contributed by atoms with Crippen molar-refractivity contribution in [1.82, 2.24) is 0 Å². The van der Waals surface area contributed by atoms with Crippen LogP contribution in [-0.4, -0.2) is 97.2 Å². The van der Waals surface area contributed by atoms with Gasteiger partial charge < -0.3 is 39.7 Å². The molecule has 320 valence electrons. The van der Waals surface area contributed by atoms with Crippen LogP contribution in [0.15, 0.2) is 36.5 Å². The average Bonchev–Trinajstić information content (AvgIpc) is 3.16. The van der Waals surface area contributed by atoms with E-state index in [0.717, 1.165) is 19.3 Å². The van der Waals surface area contributed by atoms with Crippen LogP contribution in [0.3, 0.4) is 0 Å². The molecule has 3 aliphatic heterocycles. The number of esters is 1. The van der Waals surface area contributed by atoms with Gasteiger partial charge in [-0.05, 0) is 70.1 Å². The molecular formula is C45H74O11. The lowest BCUT2D eigenvalue weighted by molar-refractivity contribution is -0.371. The molecule has 56 heavy (non-hydrogen) atoms. The molecule has 11 nitrogen and oxygen atoms in total. The summed E-state index contributed by atoms with van der Waals surface area (Å²) in [6.07, 6.45) is 9.62. The summed E-state index contributed by atoms with van der Waals surface area (Å²) in [5.41, 5.74) is -2.18. The van der Waals surface area contributed by atoms with E-state index in [-0.39, 0.29) is 35.9 Å². The zero-order valence-corrected chi connectivity index (χ0v) is 35.8. The lowest BCUT2D eigenvalue weighted by atomic mass is 9.74. The highest BCUT2D eigenvalue weighted by molar-refractivity contribution is 5.91. The highest BCUT2D eigenvalue weighted by atomic mass is 16.7. The number of aliphatic hydroxyl groups is 5. The van der Waals surface area contributed by atoms with Crippen LogP contribution in [-0.2, 0) is 28.6 Å². The Morgan fingerprint density at radius 1 is 0.839 bits per heavy atom. The van der Waals surface area contributed by atoms with Crippen molar-refractivity contribution in [2.75, 3.05) is 0 Å². The number of ketones is 2. The van der Waals surface area contributed by atoms with Gasteiger partial charge in [-0.2, -0.15) is 0 Å². The maximum absolute atomic E-state index is 13.5. The quantitative estimate of drug-likeness (QED) is 0.216. The number of carbonyl (C=O) groups is 3. The van der Waals surface area contributed by atoms with Crippen molar-refractivity contribution < 1.29 is 54.1 Å². The molecule has 0 aromatic heterocycles. The van der Waals surface area contributed by atoms with Gasteiger partial charge in [-0.25, -0.2) is 4.79 Å². The topological polar surface area (TPSA) is 180 Å². The van der Waals surface area contributed by atoms with E-state index in [1.54, 1.807) is 20.8 Å². The third-order valence-corrected chi connectivity index (χ3v) is 13.4. The Hall–Kier alpha value is -2.25. The standard InChI is InChI=1S/C45H74O11/c1-12-34-17-15-13-14-16-27(4)42(51)44(11,53)43(52)32(9)40(50)31(8)39(49)30(7)38(48)26(3)18-21-37(47)54-41-29(6)35(20-19-34)55-45(33(41)10)23-22-25(2)36(56-45)24-28(5)46/h13-15,17-18,21,25-36,38,40-42,46,48,50-51,53H,12,16,19-20,22-24H2,1-11H3/b14-13+,17-15+,21-18+/t25-,26-,27-,28-,29-,30-,31-,32-,33-,34+,35+,36+,38-,40-,41-,42-,44-,45+/m1/s1. The van der Waals surface area contributed by atoms with E-state index in [2.05, 4.69) is 19.9 Å². The summed E-state index contributed by atoms with van der Waals surface area (Å²) in [6.45, 7) is 19.1. The number of allylic oxidation sites excluding steroid dienone is 4. The van der Waals surface area contributed by atoms with Crippen molar-refractivity contribution in [3.63, 3.8) is 0 Å². The Balaban J connectivity index is 1.99. The number of hydrogen-bond donors (Lipinski definition) is 5. The SMILES string of the molecule is CC[C@H]1/C=C/C=C/C[C@@H](C)[C@@H](O)[C@@](C)(O)C(=O)[C@H](C)[C@H](O)[C@H](C)C(=O)[C@H](C)[C@H](O)[C@H](C)/C=C/C(=O)O[C@@H]2[C@H](C)[C@H](CC1)O[C@]1(CC[C@@H](C)[C@H](C[C@@H](C)O)O1)[C@@H]2C. The highest BCUT2D eigenvalue weighted by Crippen LogP contribution is 2.49. The van der Waals surface area contributed by atoms with Crippen molar-refractivity contribution in [1.29, 1.82) is 0 Å². The first-order chi connectivity index (χ1) is 26.1. The second-order valence-corrected chi connectivity index (χ2v) is 18.0. The largest absolute Gasteiger partial charge is 0.458 e. The van der Waals surface area contributed by atoms with Crippen LogP contribution in [0.2, 0.25) is 0 Å². The molecule has 2 saturated heterocycles. The molecule has 0 unspecified atom stereocenters. The Labute approximate surface area is 336 Å². The van der Waals surface area contributed by atoms with E-state index in [9.17, 15) is 39.9 Å². The molecule has 3 aliphatic rings. The van der Waals surface area contributed by atoms with Gasteiger partial charge in [0.25, 0.3) is 0 Å². The second-order valence-electron chi connectivity index (χ2n) is 18.0. The summed E-state index contributed by atoms with van der Waals surface area (Å²) in [7, 11) is 0. The van der Waals surface area contributed by atoms with Gasteiger partial charge in [0.15, 0.2) is 11.6 Å². The third-order valence-electron chi connectivity index (χ3n) is 13.4. The molecule has 0 amide bonds. The molecule has 18 atom stereocenters. The molecule has 0 radical (unpaired) electrons. The minimum absolute atomic E-state index is 0.168. The Morgan fingerprint density at radius 3 is 2.11 bits per heavy atom. The Morgan fingerprint density at radius 2 is 1.48 bits per heavy atom. The fourth-order valence-electron chi connectivity index (χ4n) is 9.01. The van der Waals surface area contributed by atoms with E-state index in [1.807, 2.05) is 32.1 Å². The van der Waals surface area contributed by atoms with Gasteiger partial charge in [-0.15, -0.1) is 0 Å².